The Morgan fingerprint density at radius 2 is 1.89 bits per heavy atom. The Labute approximate surface area is 111 Å². The van der Waals surface area contributed by atoms with Crippen molar-refractivity contribution in [2.24, 2.45) is 5.84 Å². The quantitative estimate of drug-likeness (QED) is 0.444. The van der Waals surface area contributed by atoms with Gasteiger partial charge in [0, 0.05) is 0 Å². The van der Waals surface area contributed by atoms with Crippen LogP contribution in [-0.4, -0.2) is 39.3 Å². The number of methoxy groups -OCH3 is 1. The molecule has 106 valence electrons. The highest BCUT2D eigenvalue weighted by atomic mass is 16.5. The molecule has 0 aromatic carbocycles. The second-order valence-electron chi connectivity index (χ2n) is 4.74. The van der Waals surface area contributed by atoms with Crippen LogP contribution in [0.3, 0.4) is 0 Å². The van der Waals surface area contributed by atoms with Crippen LogP contribution in [0.2, 0.25) is 0 Å². The lowest BCUT2D eigenvalue weighted by Crippen LogP contribution is -2.44. The first-order valence-electron chi connectivity index (χ1n) is 6.37. The number of aliphatic hydroxyl groups is 1. The molecule has 0 amide bonds. The van der Waals surface area contributed by atoms with Crippen molar-refractivity contribution in [2.75, 3.05) is 24.5 Å². The van der Waals surface area contributed by atoms with Crippen LogP contribution >= 0.6 is 0 Å². The van der Waals surface area contributed by atoms with Gasteiger partial charge in [-0.25, -0.2) is 5.84 Å². The number of rotatable bonds is 5. The summed E-state index contributed by atoms with van der Waals surface area (Å²) in [5.74, 6) is 5.88. The van der Waals surface area contributed by atoms with Crippen molar-refractivity contribution in [3.05, 3.63) is 0 Å². The molecule has 0 bridgehead atoms. The summed E-state index contributed by atoms with van der Waals surface area (Å²) in [7, 11) is 1.47. The summed E-state index contributed by atoms with van der Waals surface area (Å²) in [5, 5.41) is 12.9. The summed E-state index contributed by atoms with van der Waals surface area (Å²) >= 11 is 0. The van der Waals surface area contributed by atoms with Crippen molar-refractivity contribution in [3.8, 4) is 6.01 Å². The molecule has 0 spiro atoms. The van der Waals surface area contributed by atoms with Crippen LogP contribution in [0.1, 0.15) is 32.1 Å². The van der Waals surface area contributed by atoms with E-state index in [0.717, 1.165) is 25.7 Å². The fourth-order valence-corrected chi connectivity index (χ4v) is 2.36. The highest BCUT2D eigenvalue weighted by molar-refractivity contribution is 5.37. The predicted molar refractivity (Wildman–Crippen MR) is 70.7 cm³/mol. The van der Waals surface area contributed by atoms with Gasteiger partial charge in [-0.05, 0) is 12.8 Å². The average molecular weight is 268 g/mol. The fraction of sp³-hybridized carbons (Fsp3) is 0.727. The molecule has 1 aromatic rings. The summed E-state index contributed by atoms with van der Waals surface area (Å²) in [4.78, 5) is 12.2. The van der Waals surface area contributed by atoms with Crippen LogP contribution in [0.15, 0.2) is 0 Å². The highest BCUT2D eigenvalue weighted by Gasteiger charge is 2.32. The molecule has 1 aliphatic rings. The smallest absolute Gasteiger partial charge is 0.322 e. The monoisotopic (exact) mass is 268 g/mol. The van der Waals surface area contributed by atoms with Gasteiger partial charge in [-0.1, -0.05) is 19.3 Å². The first-order chi connectivity index (χ1) is 9.21. The van der Waals surface area contributed by atoms with E-state index in [2.05, 4.69) is 25.7 Å². The van der Waals surface area contributed by atoms with E-state index in [1.165, 1.54) is 13.5 Å². The van der Waals surface area contributed by atoms with Crippen LogP contribution in [0.5, 0.6) is 6.01 Å². The minimum atomic E-state index is -0.365. The van der Waals surface area contributed by atoms with E-state index in [9.17, 15) is 5.11 Å². The topological polar surface area (TPSA) is 118 Å². The van der Waals surface area contributed by atoms with Gasteiger partial charge in [0.2, 0.25) is 11.9 Å². The number of nitrogen functional groups attached to an aromatic ring is 1. The van der Waals surface area contributed by atoms with E-state index in [1.807, 2.05) is 0 Å². The number of hydrazine groups is 1. The van der Waals surface area contributed by atoms with Crippen LogP contribution in [0.4, 0.5) is 11.9 Å². The fourth-order valence-electron chi connectivity index (χ4n) is 2.36. The van der Waals surface area contributed by atoms with Gasteiger partial charge in [-0.15, -0.1) is 0 Å². The zero-order chi connectivity index (χ0) is 13.7. The maximum Gasteiger partial charge on any atom is 0.322 e. The Kier molecular flexibility index (Phi) is 4.33. The summed E-state index contributed by atoms with van der Waals surface area (Å²) in [6, 6.07) is 0.175. The third-order valence-electron chi connectivity index (χ3n) is 3.42. The van der Waals surface area contributed by atoms with Gasteiger partial charge in [0.25, 0.3) is 0 Å². The van der Waals surface area contributed by atoms with Crippen molar-refractivity contribution in [3.63, 3.8) is 0 Å². The summed E-state index contributed by atoms with van der Waals surface area (Å²) in [6.45, 7) is 0.0480. The molecule has 1 aliphatic carbocycles. The number of hydrogen-bond donors (Lipinski definition) is 4. The lowest BCUT2D eigenvalue weighted by Gasteiger charge is -2.36. The normalized spacial score (nSPS) is 17.8. The second kappa shape index (κ2) is 5.98. The molecule has 1 aromatic heterocycles. The molecular formula is C11H20N6O2. The van der Waals surface area contributed by atoms with Gasteiger partial charge in [0.15, 0.2) is 0 Å². The number of aliphatic hydroxyl groups excluding tert-OH is 1. The Hall–Kier alpha value is -1.67. The molecule has 0 radical (unpaired) electrons. The van der Waals surface area contributed by atoms with Gasteiger partial charge in [0.05, 0.1) is 19.3 Å². The molecule has 0 saturated heterocycles. The molecule has 1 saturated carbocycles. The Bertz CT molecular complexity index is 399. The van der Waals surface area contributed by atoms with E-state index < -0.39 is 0 Å². The van der Waals surface area contributed by atoms with Gasteiger partial charge < -0.3 is 15.2 Å². The number of nitrogens with one attached hydrogen (secondary N) is 2. The number of ether oxygens (including phenoxy) is 1. The van der Waals surface area contributed by atoms with Crippen LogP contribution in [0.25, 0.3) is 0 Å². The van der Waals surface area contributed by atoms with Crippen molar-refractivity contribution < 1.29 is 9.84 Å². The first kappa shape index (κ1) is 13.8. The van der Waals surface area contributed by atoms with E-state index in [0.29, 0.717) is 5.95 Å². The summed E-state index contributed by atoms with van der Waals surface area (Å²) in [6.07, 6.45) is 5.14. The molecule has 19 heavy (non-hydrogen) atoms. The second-order valence-corrected chi connectivity index (χ2v) is 4.74. The Morgan fingerprint density at radius 1 is 1.21 bits per heavy atom. The molecular weight excluding hydrogens is 248 g/mol. The predicted octanol–water partition coefficient (Wildman–Crippen LogP) is 0.273. The van der Waals surface area contributed by atoms with E-state index in [4.69, 9.17) is 10.6 Å². The zero-order valence-corrected chi connectivity index (χ0v) is 11.0. The zero-order valence-electron chi connectivity index (χ0n) is 11.0. The molecule has 0 aliphatic heterocycles. The molecule has 8 nitrogen and oxygen atoms in total. The van der Waals surface area contributed by atoms with Crippen molar-refractivity contribution >= 4 is 11.9 Å². The number of nitrogens with two attached hydrogens (primary N) is 1. The van der Waals surface area contributed by atoms with Gasteiger partial charge in [-0.3, -0.25) is 5.43 Å². The van der Waals surface area contributed by atoms with Crippen molar-refractivity contribution in [1.82, 2.24) is 15.0 Å². The van der Waals surface area contributed by atoms with Gasteiger partial charge in [0.1, 0.15) is 0 Å². The SMILES string of the molecule is COc1nc(NN)nc(NC2(CO)CCCCC2)n1. The largest absolute Gasteiger partial charge is 0.467 e. The van der Waals surface area contributed by atoms with E-state index in [1.54, 1.807) is 0 Å². The molecule has 2 rings (SSSR count). The van der Waals surface area contributed by atoms with Crippen LogP contribution in [-0.2, 0) is 0 Å². The molecule has 1 heterocycles. The van der Waals surface area contributed by atoms with Crippen LogP contribution in [0, 0.1) is 0 Å². The maximum absolute atomic E-state index is 9.65. The molecule has 8 heteroatoms. The number of aromatic nitrogens is 3. The number of anilines is 2. The van der Waals surface area contributed by atoms with E-state index in [-0.39, 0.29) is 24.1 Å². The van der Waals surface area contributed by atoms with Crippen molar-refractivity contribution in [2.45, 2.75) is 37.6 Å². The lowest BCUT2D eigenvalue weighted by atomic mass is 9.82. The number of hydrogen-bond acceptors (Lipinski definition) is 8. The van der Waals surface area contributed by atoms with Gasteiger partial charge >= 0.3 is 6.01 Å². The maximum atomic E-state index is 9.65. The lowest BCUT2D eigenvalue weighted by molar-refractivity contribution is 0.172. The van der Waals surface area contributed by atoms with Crippen LogP contribution < -0.4 is 21.3 Å². The molecule has 1 fully saturated rings. The van der Waals surface area contributed by atoms with Gasteiger partial charge in [-0.2, -0.15) is 15.0 Å². The molecule has 0 unspecified atom stereocenters. The standard InChI is InChI=1S/C11H20N6O2/c1-19-10-14-8(13-9(15-10)17-12)16-11(7-18)5-3-2-4-6-11/h18H,2-7,12H2,1H3,(H2,13,14,15,16,17). The minimum Gasteiger partial charge on any atom is -0.467 e. The first-order valence-corrected chi connectivity index (χ1v) is 6.37. The minimum absolute atomic E-state index is 0.0480. The molecule has 0 atom stereocenters. The third kappa shape index (κ3) is 3.21. The van der Waals surface area contributed by atoms with Crippen molar-refractivity contribution in [1.29, 1.82) is 0 Å². The molecule has 5 N–H and O–H groups in total. The average Bonchev–Trinajstić information content (AvgIpc) is 2.47. The Morgan fingerprint density at radius 3 is 2.47 bits per heavy atom. The summed E-state index contributed by atoms with van der Waals surface area (Å²) < 4.78 is 4.99. The van der Waals surface area contributed by atoms with E-state index >= 15 is 0 Å². The highest BCUT2D eigenvalue weighted by Crippen LogP contribution is 2.30. The Balaban J connectivity index is 2.20. The number of nitrogens with zero attached hydrogens (tertiary/aromatic N) is 3. The third-order valence-corrected chi connectivity index (χ3v) is 3.42. The summed E-state index contributed by atoms with van der Waals surface area (Å²) in [5.41, 5.74) is 2.00.